The van der Waals surface area contributed by atoms with E-state index in [0.29, 0.717) is 29.9 Å². The molecular formula is C13H14ClN3O3S. The molecule has 21 heavy (non-hydrogen) atoms. The molecule has 1 aliphatic rings. The lowest BCUT2D eigenvalue weighted by Crippen LogP contribution is -2.45. The van der Waals surface area contributed by atoms with Crippen molar-refractivity contribution in [3.63, 3.8) is 0 Å². The topological polar surface area (TPSA) is 68.5 Å². The van der Waals surface area contributed by atoms with Crippen LogP contribution in [0.4, 0.5) is 0 Å². The summed E-state index contributed by atoms with van der Waals surface area (Å²) in [6.45, 7) is 3.29. The smallest absolute Gasteiger partial charge is 0.231 e. The monoisotopic (exact) mass is 327 g/mol. The van der Waals surface area contributed by atoms with Crippen molar-refractivity contribution >= 4 is 28.8 Å². The molecule has 0 aromatic carbocycles. The number of rotatable bonds is 3. The van der Waals surface area contributed by atoms with Gasteiger partial charge in [-0.1, -0.05) is 16.8 Å². The average Bonchev–Trinajstić information content (AvgIpc) is 3.17. The molecule has 3 heterocycles. The summed E-state index contributed by atoms with van der Waals surface area (Å²) in [6, 6.07) is 3.39. The van der Waals surface area contributed by atoms with E-state index >= 15 is 0 Å². The van der Waals surface area contributed by atoms with Gasteiger partial charge in [0.2, 0.25) is 12.3 Å². The largest absolute Gasteiger partial charge is 0.377 e. The fraction of sp³-hybridized carbons (Fsp3) is 0.462. The standard InChI is InChI=1S/C13H14ClN3O3S/c1-8(10-2-3-11(14)21-10)13(18)17-4-5-19-6-9(17)12-15-7-20-16-12/h2-3,7-9H,4-6H2,1H3. The summed E-state index contributed by atoms with van der Waals surface area (Å²) in [7, 11) is 0. The highest BCUT2D eigenvalue weighted by molar-refractivity contribution is 7.16. The normalized spacial score (nSPS) is 20.5. The van der Waals surface area contributed by atoms with Crippen molar-refractivity contribution < 1.29 is 14.1 Å². The van der Waals surface area contributed by atoms with Gasteiger partial charge >= 0.3 is 0 Å². The van der Waals surface area contributed by atoms with E-state index in [4.69, 9.17) is 20.9 Å². The summed E-state index contributed by atoms with van der Waals surface area (Å²) in [5.41, 5.74) is 0. The molecule has 0 aliphatic carbocycles. The van der Waals surface area contributed by atoms with Crippen molar-refractivity contribution in [3.05, 3.63) is 33.6 Å². The fourth-order valence-corrected chi connectivity index (χ4v) is 3.44. The van der Waals surface area contributed by atoms with Crippen LogP contribution in [0.5, 0.6) is 0 Å². The van der Waals surface area contributed by atoms with E-state index in [1.54, 1.807) is 11.0 Å². The summed E-state index contributed by atoms with van der Waals surface area (Å²) < 4.78 is 10.9. The molecule has 0 bridgehead atoms. The van der Waals surface area contributed by atoms with E-state index in [1.807, 2.05) is 13.0 Å². The van der Waals surface area contributed by atoms with Crippen LogP contribution >= 0.6 is 22.9 Å². The minimum absolute atomic E-state index is 0.0200. The zero-order chi connectivity index (χ0) is 14.8. The number of thiophene rings is 1. The maximum atomic E-state index is 12.8. The van der Waals surface area contributed by atoms with Gasteiger partial charge in [-0.15, -0.1) is 11.3 Å². The second-order valence-corrected chi connectivity index (χ2v) is 6.52. The van der Waals surface area contributed by atoms with Crippen LogP contribution in [0.1, 0.15) is 29.6 Å². The molecule has 0 saturated carbocycles. The molecule has 3 rings (SSSR count). The molecule has 1 saturated heterocycles. The third-order valence-electron chi connectivity index (χ3n) is 3.48. The maximum absolute atomic E-state index is 12.8. The minimum Gasteiger partial charge on any atom is -0.377 e. The Hall–Kier alpha value is -1.44. The van der Waals surface area contributed by atoms with Gasteiger partial charge in [0, 0.05) is 11.4 Å². The molecule has 2 aromatic rings. The zero-order valence-corrected chi connectivity index (χ0v) is 12.9. The Kier molecular flexibility index (Phi) is 4.23. The van der Waals surface area contributed by atoms with Crippen LogP contribution in [0.25, 0.3) is 0 Å². The van der Waals surface area contributed by atoms with Crippen LogP contribution in [0, 0.1) is 0 Å². The number of carbonyl (C=O) groups is 1. The molecule has 6 nitrogen and oxygen atoms in total. The predicted octanol–water partition coefficient (Wildman–Crippen LogP) is 2.49. The summed E-state index contributed by atoms with van der Waals surface area (Å²) >= 11 is 7.37. The molecule has 0 radical (unpaired) electrons. The summed E-state index contributed by atoms with van der Waals surface area (Å²) in [4.78, 5) is 19.5. The molecule has 2 aromatic heterocycles. The first-order valence-electron chi connectivity index (χ1n) is 6.56. The third kappa shape index (κ3) is 2.95. The van der Waals surface area contributed by atoms with Crippen LogP contribution in [0.3, 0.4) is 0 Å². The first-order valence-corrected chi connectivity index (χ1v) is 7.76. The fourth-order valence-electron chi connectivity index (χ4n) is 2.34. The number of hydrogen-bond donors (Lipinski definition) is 0. The van der Waals surface area contributed by atoms with E-state index in [-0.39, 0.29) is 17.9 Å². The van der Waals surface area contributed by atoms with Crippen molar-refractivity contribution in [1.82, 2.24) is 15.0 Å². The SMILES string of the molecule is CC(C(=O)N1CCOCC1c1ncon1)c1ccc(Cl)s1. The first-order chi connectivity index (χ1) is 10.2. The highest BCUT2D eigenvalue weighted by Gasteiger charge is 2.34. The molecule has 8 heteroatoms. The number of nitrogens with zero attached hydrogens (tertiary/aromatic N) is 3. The summed E-state index contributed by atoms with van der Waals surface area (Å²) in [6.07, 6.45) is 1.26. The highest BCUT2D eigenvalue weighted by Crippen LogP contribution is 2.32. The Morgan fingerprint density at radius 3 is 3.10 bits per heavy atom. The van der Waals surface area contributed by atoms with Crippen molar-refractivity contribution in [2.24, 2.45) is 0 Å². The molecule has 112 valence electrons. The number of aromatic nitrogens is 2. The number of halogens is 1. The van der Waals surface area contributed by atoms with E-state index in [9.17, 15) is 4.79 Å². The molecule has 2 unspecified atom stereocenters. The third-order valence-corrected chi connectivity index (χ3v) is 4.89. The van der Waals surface area contributed by atoms with Gasteiger partial charge in [0.25, 0.3) is 0 Å². The van der Waals surface area contributed by atoms with Gasteiger partial charge in [-0.3, -0.25) is 4.79 Å². The quantitative estimate of drug-likeness (QED) is 0.866. The zero-order valence-electron chi connectivity index (χ0n) is 11.4. The second kappa shape index (κ2) is 6.13. The molecule has 0 N–H and O–H groups in total. The van der Waals surface area contributed by atoms with Crippen LogP contribution in [0.15, 0.2) is 23.0 Å². The minimum atomic E-state index is -0.303. The van der Waals surface area contributed by atoms with Crippen molar-refractivity contribution in [1.29, 1.82) is 0 Å². The van der Waals surface area contributed by atoms with Crippen molar-refractivity contribution in [2.75, 3.05) is 19.8 Å². The van der Waals surface area contributed by atoms with E-state index < -0.39 is 0 Å². The lowest BCUT2D eigenvalue weighted by atomic mass is 10.1. The first kappa shape index (κ1) is 14.5. The summed E-state index contributed by atoms with van der Waals surface area (Å²) in [5.74, 6) is 0.237. The van der Waals surface area contributed by atoms with Gasteiger partial charge in [-0.25, -0.2) is 0 Å². The number of amides is 1. The van der Waals surface area contributed by atoms with E-state index in [2.05, 4.69) is 10.1 Å². The van der Waals surface area contributed by atoms with Crippen molar-refractivity contribution in [2.45, 2.75) is 18.9 Å². The number of morpholine rings is 1. The average molecular weight is 328 g/mol. The van der Waals surface area contributed by atoms with Gasteiger partial charge < -0.3 is 14.2 Å². The lowest BCUT2D eigenvalue weighted by molar-refractivity contribution is -0.141. The Bertz CT molecular complexity index is 616. The van der Waals surface area contributed by atoms with Gasteiger partial charge in [0.05, 0.1) is 23.5 Å². The molecule has 0 spiro atoms. The molecule has 1 fully saturated rings. The maximum Gasteiger partial charge on any atom is 0.231 e. The molecule has 1 aliphatic heterocycles. The number of hydrogen-bond acceptors (Lipinski definition) is 6. The van der Waals surface area contributed by atoms with Crippen LogP contribution in [0.2, 0.25) is 4.34 Å². The highest BCUT2D eigenvalue weighted by atomic mass is 35.5. The Labute approximate surface area is 130 Å². The van der Waals surface area contributed by atoms with Gasteiger partial charge in [0.1, 0.15) is 6.04 Å². The molecular weight excluding hydrogens is 314 g/mol. The van der Waals surface area contributed by atoms with Crippen LogP contribution in [-0.4, -0.2) is 40.7 Å². The lowest BCUT2D eigenvalue weighted by Gasteiger charge is -2.35. The Balaban J connectivity index is 1.81. The van der Waals surface area contributed by atoms with E-state index in [0.717, 1.165) is 4.88 Å². The Morgan fingerprint density at radius 1 is 1.57 bits per heavy atom. The number of ether oxygens (including phenoxy) is 1. The van der Waals surface area contributed by atoms with Crippen molar-refractivity contribution in [3.8, 4) is 0 Å². The van der Waals surface area contributed by atoms with Gasteiger partial charge in [-0.2, -0.15) is 4.98 Å². The van der Waals surface area contributed by atoms with Crippen LogP contribution in [-0.2, 0) is 9.53 Å². The van der Waals surface area contributed by atoms with E-state index in [1.165, 1.54) is 17.7 Å². The summed E-state index contributed by atoms with van der Waals surface area (Å²) in [5, 5.41) is 3.83. The van der Waals surface area contributed by atoms with Gasteiger partial charge in [0.15, 0.2) is 5.82 Å². The van der Waals surface area contributed by atoms with Crippen LogP contribution < -0.4 is 0 Å². The Morgan fingerprint density at radius 2 is 2.43 bits per heavy atom. The molecule has 1 amide bonds. The second-order valence-electron chi connectivity index (χ2n) is 4.78. The van der Waals surface area contributed by atoms with Gasteiger partial charge in [-0.05, 0) is 19.1 Å². The predicted molar refractivity (Wildman–Crippen MR) is 77.3 cm³/mol. The number of carbonyl (C=O) groups excluding carboxylic acids is 1. The molecule has 2 atom stereocenters.